The summed E-state index contributed by atoms with van der Waals surface area (Å²) in [4.78, 5) is 37.2. The number of carbonyl (C=O) groups is 2. The second kappa shape index (κ2) is 10.6. The highest BCUT2D eigenvalue weighted by Crippen LogP contribution is 2.18. The standard InChI is InChI=1S/C22H27FN4O3S/c1-15-19(16(2)25-22(24-15)31-3)8-9-21(29)30-14-20(28)27-12-10-26(11-13-27)18-6-4-17(23)5-7-18/h4-7H,8-14H2,1-3H3. The number of thioether (sulfide) groups is 1. The van der Waals surface area contributed by atoms with Gasteiger partial charge in [-0.3, -0.25) is 9.59 Å². The van der Waals surface area contributed by atoms with Crippen LogP contribution in [0, 0.1) is 19.7 Å². The van der Waals surface area contributed by atoms with Gasteiger partial charge in [0.25, 0.3) is 5.91 Å². The molecule has 0 aliphatic carbocycles. The number of aromatic nitrogens is 2. The van der Waals surface area contributed by atoms with Crippen LogP contribution in [-0.4, -0.2) is 65.8 Å². The Balaban J connectivity index is 1.42. The molecule has 1 fully saturated rings. The molecule has 2 heterocycles. The summed E-state index contributed by atoms with van der Waals surface area (Å²) in [6.07, 6.45) is 2.58. The topological polar surface area (TPSA) is 75.6 Å². The number of ether oxygens (including phenoxy) is 1. The van der Waals surface area contributed by atoms with Crippen molar-refractivity contribution in [3.63, 3.8) is 0 Å². The first-order valence-corrected chi connectivity index (χ1v) is 11.4. The molecule has 0 bridgehead atoms. The molecule has 0 radical (unpaired) electrons. The summed E-state index contributed by atoms with van der Waals surface area (Å²) in [6, 6.07) is 6.33. The normalized spacial score (nSPS) is 13.9. The number of anilines is 1. The van der Waals surface area contributed by atoms with Crippen LogP contribution in [0.3, 0.4) is 0 Å². The number of aryl methyl sites for hydroxylation is 2. The average Bonchev–Trinajstić information content (AvgIpc) is 2.77. The molecule has 0 atom stereocenters. The lowest BCUT2D eigenvalue weighted by atomic mass is 10.1. The molecule has 9 heteroatoms. The monoisotopic (exact) mass is 446 g/mol. The number of halogens is 1. The fourth-order valence-electron chi connectivity index (χ4n) is 3.56. The minimum absolute atomic E-state index is 0.176. The van der Waals surface area contributed by atoms with E-state index in [-0.39, 0.29) is 24.8 Å². The molecule has 0 N–H and O–H groups in total. The fraction of sp³-hybridized carbons (Fsp3) is 0.455. The van der Waals surface area contributed by atoms with Gasteiger partial charge in [0.05, 0.1) is 0 Å². The van der Waals surface area contributed by atoms with Crippen molar-refractivity contribution in [3.8, 4) is 0 Å². The summed E-state index contributed by atoms with van der Waals surface area (Å²) >= 11 is 1.48. The summed E-state index contributed by atoms with van der Waals surface area (Å²) in [5.74, 6) is -0.882. The van der Waals surface area contributed by atoms with E-state index >= 15 is 0 Å². The largest absolute Gasteiger partial charge is 0.456 e. The molecule has 1 aromatic carbocycles. The van der Waals surface area contributed by atoms with Crippen LogP contribution in [0.15, 0.2) is 29.4 Å². The van der Waals surface area contributed by atoms with E-state index in [4.69, 9.17) is 4.74 Å². The zero-order chi connectivity index (χ0) is 22.4. The third kappa shape index (κ3) is 6.16. The molecule has 3 rings (SSSR count). The van der Waals surface area contributed by atoms with Gasteiger partial charge in [-0.1, -0.05) is 11.8 Å². The predicted octanol–water partition coefficient (Wildman–Crippen LogP) is 2.78. The van der Waals surface area contributed by atoms with Gasteiger partial charge in [0, 0.05) is 49.7 Å². The van der Waals surface area contributed by atoms with E-state index in [1.54, 1.807) is 17.0 Å². The van der Waals surface area contributed by atoms with Crippen molar-refractivity contribution in [3.05, 3.63) is 47.0 Å². The van der Waals surface area contributed by atoms with Crippen LogP contribution in [0.4, 0.5) is 10.1 Å². The Morgan fingerprint density at radius 1 is 1.06 bits per heavy atom. The quantitative estimate of drug-likeness (QED) is 0.368. The van der Waals surface area contributed by atoms with Gasteiger partial charge in [-0.15, -0.1) is 0 Å². The summed E-state index contributed by atoms with van der Waals surface area (Å²) < 4.78 is 18.3. The summed E-state index contributed by atoms with van der Waals surface area (Å²) in [5, 5.41) is 0.714. The highest BCUT2D eigenvalue weighted by Gasteiger charge is 2.22. The number of esters is 1. The smallest absolute Gasteiger partial charge is 0.306 e. The number of hydrogen-bond donors (Lipinski definition) is 0. The highest BCUT2D eigenvalue weighted by molar-refractivity contribution is 7.98. The van der Waals surface area contributed by atoms with E-state index < -0.39 is 5.97 Å². The maximum Gasteiger partial charge on any atom is 0.306 e. The third-order valence-electron chi connectivity index (χ3n) is 5.34. The summed E-state index contributed by atoms with van der Waals surface area (Å²) in [5.41, 5.74) is 3.59. The molecule has 1 aliphatic heterocycles. The Morgan fingerprint density at radius 3 is 2.26 bits per heavy atom. The van der Waals surface area contributed by atoms with E-state index in [1.165, 1.54) is 23.9 Å². The highest BCUT2D eigenvalue weighted by atomic mass is 32.2. The second-order valence-electron chi connectivity index (χ2n) is 7.36. The van der Waals surface area contributed by atoms with Gasteiger partial charge >= 0.3 is 5.97 Å². The number of rotatable bonds is 7. The second-order valence-corrected chi connectivity index (χ2v) is 8.14. The number of benzene rings is 1. The van der Waals surface area contributed by atoms with Gasteiger partial charge in [-0.05, 0) is 56.4 Å². The minimum atomic E-state index is -0.411. The molecular weight excluding hydrogens is 419 g/mol. The number of hydrogen-bond acceptors (Lipinski definition) is 7. The molecule has 1 aromatic heterocycles. The number of piperazine rings is 1. The van der Waals surface area contributed by atoms with E-state index in [0.717, 1.165) is 22.6 Å². The van der Waals surface area contributed by atoms with Crippen LogP contribution in [0.2, 0.25) is 0 Å². The molecule has 0 unspecified atom stereocenters. The zero-order valence-corrected chi connectivity index (χ0v) is 18.9. The SMILES string of the molecule is CSc1nc(C)c(CCC(=O)OCC(=O)N2CCN(c3ccc(F)cc3)CC2)c(C)n1. The Labute approximate surface area is 186 Å². The van der Waals surface area contributed by atoms with Crippen LogP contribution in [0.5, 0.6) is 0 Å². The number of carbonyl (C=O) groups excluding carboxylic acids is 2. The van der Waals surface area contributed by atoms with Crippen LogP contribution < -0.4 is 4.90 Å². The first kappa shape index (κ1) is 23.0. The van der Waals surface area contributed by atoms with E-state index in [9.17, 15) is 14.0 Å². The van der Waals surface area contributed by atoms with Crippen LogP contribution >= 0.6 is 11.8 Å². The molecule has 2 aromatic rings. The maximum absolute atomic E-state index is 13.1. The molecule has 1 amide bonds. The molecule has 166 valence electrons. The van der Waals surface area contributed by atoms with Crippen molar-refractivity contribution in [2.75, 3.05) is 43.9 Å². The van der Waals surface area contributed by atoms with Gasteiger partial charge in [0.2, 0.25) is 0 Å². The van der Waals surface area contributed by atoms with Crippen LogP contribution in [0.1, 0.15) is 23.4 Å². The molecule has 0 spiro atoms. The van der Waals surface area contributed by atoms with Crippen molar-refractivity contribution in [1.82, 2.24) is 14.9 Å². The van der Waals surface area contributed by atoms with Crippen molar-refractivity contribution in [2.24, 2.45) is 0 Å². The Bertz CT molecular complexity index is 908. The van der Waals surface area contributed by atoms with Gasteiger partial charge in [0.15, 0.2) is 11.8 Å². The number of nitrogens with zero attached hydrogens (tertiary/aromatic N) is 4. The van der Waals surface area contributed by atoms with Gasteiger partial charge in [-0.25, -0.2) is 14.4 Å². The molecule has 7 nitrogen and oxygen atoms in total. The molecule has 1 saturated heterocycles. The summed E-state index contributed by atoms with van der Waals surface area (Å²) in [7, 11) is 0. The lowest BCUT2D eigenvalue weighted by Crippen LogP contribution is -2.49. The van der Waals surface area contributed by atoms with Crippen molar-refractivity contribution in [1.29, 1.82) is 0 Å². The van der Waals surface area contributed by atoms with Crippen molar-refractivity contribution < 1.29 is 18.7 Å². The molecule has 0 saturated carbocycles. The van der Waals surface area contributed by atoms with Crippen molar-refractivity contribution in [2.45, 2.75) is 31.8 Å². The lowest BCUT2D eigenvalue weighted by molar-refractivity contribution is -0.152. The van der Waals surface area contributed by atoms with Crippen LogP contribution in [0.25, 0.3) is 0 Å². The Kier molecular flexibility index (Phi) is 7.84. The first-order chi connectivity index (χ1) is 14.9. The van der Waals surface area contributed by atoms with E-state index in [1.807, 2.05) is 20.1 Å². The Morgan fingerprint density at radius 2 is 1.68 bits per heavy atom. The third-order valence-corrected chi connectivity index (χ3v) is 5.89. The van der Waals surface area contributed by atoms with Crippen molar-refractivity contribution >= 4 is 29.3 Å². The van der Waals surface area contributed by atoms with Gasteiger partial charge < -0.3 is 14.5 Å². The molecule has 31 heavy (non-hydrogen) atoms. The summed E-state index contributed by atoms with van der Waals surface area (Å²) in [6.45, 7) is 5.92. The number of amides is 1. The Hall–Kier alpha value is -2.68. The van der Waals surface area contributed by atoms with Gasteiger partial charge in [0.1, 0.15) is 5.82 Å². The average molecular weight is 447 g/mol. The predicted molar refractivity (Wildman–Crippen MR) is 118 cm³/mol. The maximum atomic E-state index is 13.1. The minimum Gasteiger partial charge on any atom is -0.456 e. The molecular formula is C22H27FN4O3S. The zero-order valence-electron chi connectivity index (χ0n) is 18.1. The lowest BCUT2D eigenvalue weighted by Gasteiger charge is -2.36. The van der Waals surface area contributed by atoms with Gasteiger partial charge in [-0.2, -0.15) is 0 Å². The molecule has 1 aliphatic rings. The van der Waals surface area contributed by atoms with E-state index in [2.05, 4.69) is 14.9 Å². The fourth-order valence-corrected chi connectivity index (χ4v) is 4.02. The van der Waals surface area contributed by atoms with E-state index in [0.29, 0.717) is 37.8 Å². The van der Waals surface area contributed by atoms with Crippen LogP contribution in [-0.2, 0) is 20.7 Å². The first-order valence-electron chi connectivity index (χ1n) is 10.2.